The quantitative estimate of drug-likeness (QED) is 0.0827. The molecule has 2 unspecified atom stereocenters. The lowest BCUT2D eigenvalue weighted by atomic mass is 9.83. The molecule has 0 radical (unpaired) electrons. The lowest BCUT2D eigenvalue weighted by molar-refractivity contribution is -0.763. The molecule has 38 heavy (non-hydrogen) atoms. The van der Waals surface area contributed by atoms with Crippen molar-refractivity contribution in [3.05, 3.63) is 93.6 Å². The fourth-order valence-corrected chi connectivity index (χ4v) is 4.89. The highest BCUT2D eigenvalue weighted by atomic mass is 16.9. The van der Waals surface area contributed by atoms with Crippen LogP contribution in [-0.4, -0.2) is 11.0 Å². The second kappa shape index (κ2) is 19.0. The summed E-state index contributed by atoms with van der Waals surface area (Å²) in [7, 11) is 0. The normalized spacial score (nSPS) is 12.8. The van der Waals surface area contributed by atoms with Gasteiger partial charge in [0.2, 0.25) is 5.91 Å². The summed E-state index contributed by atoms with van der Waals surface area (Å²) in [6, 6.07) is 18.0. The predicted molar refractivity (Wildman–Crippen MR) is 154 cm³/mol. The second-order valence-corrected chi connectivity index (χ2v) is 10.3. The summed E-state index contributed by atoms with van der Waals surface area (Å²) < 4.78 is 0. The van der Waals surface area contributed by atoms with Gasteiger partial charge in [-0.25, -0.2) is 0 Å². The number of nitrogens with zero attached hydrogens (tertiary/aromatic N) is 1. The molecule has 0 aliphatic heterocycles. The van der Waals surface area contributed by atoms with Crippen molar-refractivity contribution < 1.29 is 14.7 Å². The average molecular weight is 523 g/mol. The van der Waals surface area contributed by atoms with Crippen molar-refractivity contribution in [3.8, 4) is 0 Å². The van der Waals surface area contributed by atoms with Crippen LogP contribution in [0.15, 0.2) is 66.7 Å². The zero-order valence-electron chi connectivity index (χ0n) is 23.3. The largest absolute Gasteiger partial charge is 0.352 e. The molecule has 0 spiro atoms. The Hall–Kier alpha value is -3.15. The molecule has 0 saturated heterocycles. The molecule has 1 N–H and O–H groups in total. The maximum absolute atomic E-state index is 12.2. The summed E-state index contributed by atoms with van der Waals surface area (Å²) in [5.74, 6) is 1.50. The van der Waals surface area contributed by atoms with E-state index in [-0.39, 0.29) is 12.5 Å². The summed E-state index contributed by atoms with van der Waals surface area (Å²) in [5.41, 5.74) is 3.05. The maximum Gasteiger partial charge on any atom is 0.294 e. The molecule has 0 bridgehead atoms. The van der Waals surface area contributed by atoms with Crippen LogP contribution in [0.25, 0.3) is 0 Å². The molecule has 6 heteroatoms. The van der Waals surface area contributed by atoms with Gasteiger partial charge in [-0.2, -0.15) is 0 Å². The molecule has 0 aliphatic rings. The van der Waals surface area contributed by atoms with Crippen LogP contribution in [0.4, 0.5) is 0 Å². The third-order valence-electron chi connectivity index (χ3n) is 7.11. The lowest BCUT2D eigenvalue weighted by Crippen LogP contribution is -2.22. The van der Waals surface area contributed by atoms with E-state index in [0.717, 1.165) is 30.7 Å². The molecule has 208 valence electrons. The summed E-state index contributed by atoms with van der Waals surface area (Å²) in [6.07, 6.45) is 16.8. The highest BCUT2D eigenvalue weighted by Crippen LogP contribution is 2.27. The van der Waals surface area contributed by atoms with Gasteiger partial charge >= 0.3 is 0 Å². The summed E-state index contributed by atoms with van der Waals surface area (Å²) >= 11 is 0. The molecule has 6 nitrogen and oxygen atoms in total. The monoisotopic (exact) mass is 522 g/mol. The van der Waals surface area contributed by atoms with Gasteiger partial charge in [0.15, 0.2) is 0 Å². The molecular formula is C32H46N2O4. The number of unbranched alkanes of at least 4 members (excludes halogenated alkanes) is 3. The van der Waals surface area contributed by atoms with Gasteiger partial charge < -0.3 is 10.2 Å². The number of amides is 1. The number of nitrogens with one attached hydrogen (secondary N) is 1. The van der Waals surface area contributed by atoms with Crippen molar-refractivity contribution in [1.29, 1.82) is 0 Å². The number of rotatable bonds is 20. The van der Waals surface area contributed by atoms with Crippen LogP contribution < -0.4 is 5.32 Å². The van der Waals surface area contributed by atoms with E-state index in [0.29, 0.717) is 24.4 Å². The van der Waals surface area contributed by atoms with E-state index >= 15 is 0 Å². The minimum Gasteiger partial charge on any atom is -0.352 e. The van der Waals surface area contributed by atoms with Crippen LogP contribution in [0.1, 0.15) is 94.7 Å². The van der Waals surface area contributed by atoms with Crippen molar-refractivity contribution in [2.24, 2.45) is 11.8 Å². The van der Waals surface area contributed by atoms with Crippen LogP contribution in [-0.2, 0) is 29.2 Å². The first kappa shape index (κ1) is 31.1. The fraction of sp³-hybridized carbons (Fsp3) is 0.531. The van der Waals surface area contributed by atoms with Crippen LogP contribution in [0, 0.1) is 22.0 Å². The molecule has 2 aromatic carbocycles. The van der Waals surface area contributed by atoms with Gasteiger partial charge in [0.25, 0.3) is 5.09 Å². The standard InChI is InChI=1S/C32H46N2O4/c1-3-15-31(22-12-7-11-19-28-17-9-6-10-18-28)27(2)16-8-4-5-13-23-32(35)33-25-29-20-14-21-30(24-29)26-38-34(36)37/h4,6,8-10,14,17-18,20-21,24,27,31H,3,5,7,11-13,15-16,19,22-23,25-26H2,1-2H3,(H,33,35)/b8-4-. The van der Waals surface area contributed by atoms with Gasteiger partial charge in [-0.15, -0.1) is 10.1 Å². The Morgan fingerprint density at radius 1 is 0.974 bits per heavy atom. The van der Waals surface area contributed by atoms with Gasteiger partial charge in [-0.1, -0.05) is 113 Å². The molecule has 0 saturated carbocycles. The van der Waals surface area contributed by atoms with E-state index in [1.807, 2.05) is 18.2 Å². The third-order valence-corrected chi connectivity index (χ3v) is 7.11. The number of carbonyl (C=O) groups excluding carboxylic acids is 1. The summed E-state index contributed by atoms with van der Waals surface area (Å²) in [5, 5.41) is 12.5. The molecular weight excluding hydrogens is 476 g/mol. The number of allylic oxidation sites excluding steroid dienone is 2. The van der Waals surface area contributed by atoms with Crippen molar-refractivity contribution in [1.82, 2.24) is 5.32 Å². The van der Waals surface area contributed by atoms with Gasteiger partial charge in [0.05, 0.1) is 0 Å². The van der Waals surface area contributed by atoms with Crippen LogP contribution in [0.5, 0.6) is 0 Å². The van der Waals surface area contributed by atoms with Gasteiger partial charge in [-0.3, -0.25) is 4.79 Å². The number of aryl methyl sites for hydroxylation is 1. The van der Waals surface area contributed by atoms with Crippen molar-refractivity contribution in [2.75, 3.05) is 0 Å². The Balaban J connectivity index is 1.57. The van der Waals surface area contributed by atoms with Crippen molar-refractivity contribution >= 4 is 5.91 Å². The predicted octanol–water partition coefficient (Wildman–Crippen LogP) is 7.98. The minimum atomic E-state index is -0.803. The van der Waals surface area contributed by atoms with Gasteiger partial charge in [0, 0.05) is 13.0 Å². The Morgan fingerprint density at radius 3 is 2.50 bits per heavy atom. The SMILES string of the molecule is CCCC(CCCCCc1ccccc1)C(C)C/C=C\CCCC(=O)NCc1cccc(CO[N+](=O)[O-])c1. The molecule has 0 fully saturated rings. The average Bonchev–Trinajstić information content (AvgIpc) is 2.92. The molecule has 2 rings (SSSR count). The number of hydrogen-bond acceptors (Lipinski definition) is 4. The third kappa shape index (κ3) is 14.0. The first-order chi connectivity index (χ1) is 18.5. The molecule has 2 aromatic rings. The first-order valence-corrected chi connectivity index (χ1v) is 14.3. The van der Waals surface area contributed by atoms with Gasteiger partial charge in [-0.05, 0) is 60.6 Å². The highest BCUT2D eigenvalue weighted by molar-refractivity contribution is 5.75. The van der Waals surface area contributed by atoms with E-state index in [2.05, 4.69) is 66.5 Å². The summed E-state index contributed by atoms with van der Waals surface area (Å²) in [4.78, 5) is 26.9. The zero-order chi connectivity index (χ0) is 27.4. The molecule has 1 amide bonds. The van der Waals surface area contributed by atoms with Crippen LogP contribution in [0.3, 0.4) is 0 Å². The number of carbonyl (C=O) groups is 1. The fourth-order valence-electron chi connectivity index (χ4n) is 4.89. The maximum atomic E-state index is 12.2. The Bertz CT molecular complexity index is 961. The van der Waals surface area contributed by atoms with Crippen molar-refractivity contribution in [2.45, 2.75) is 97.6 Å². The smallest absolute Gasteiger partial charge is 0.294 e. The Kier molecular flexibility index (Phi) is 15.5. The number of benzene rings is 2. The molecule has 0 heterocycles. The highest BCUT2D eigenvalue weighted by Gasteiger charge is 2.15. The van der Waals surface area contributed by atoms with E-state index < -0.39 is 5.09 Å². The molecule has 0 aliphatic carbocycles. The van der Waals surface area contributed by atoms with E-state index in [4.69, 9.17) is 0 Å². The van der Waals surface area contributed by atoms with E-state index in [9.17, 15) is 14.9 Å². The molecule has 0 aromatic heterocycles. The Labute approximate surface area is 229 Å². The van der Waals surface area contributed by atoms with Crippen molar-refractivity contribution in [3.63, 3.8) is 0 Å². The van der Waals surface area contributed by atoms with E-state index in [1.165, 1.54) is 50.5 Å². The van der Waals surface area contributed by atoms with Crippen LogP contribution >= 0.6 is 0 Å². The molecule has 2 atom stereocenters. The van der Waals surface area contributed by atoms with Crippen LogP contribution in [0.2, 0.25) is 0 Å². The number of hydrogen-bond donors (Lipinski definition) is 1. The minimum absolute atomic E-state index is 0.0222. The summed E-state index contributed by atoms with van der Waals surface area (Å²) in [6.45, 7) is 5.00. The van der Waals surface area contributed by atoms with E-state index in [1.54, 1.807) is 6.07 Å². The lowest BCUT2D eigenvalue weighted by Gasteiger charge is -2.22. The second-order valence-electron chi connectivity index (χ2n) is 10.3. The zero-order valence-corrected chi connectivity index (χ0v) is 23.3. The van der Waals surface area contributed by atoms with Gasteiger partial charge in [0.1, 0.15) is 6.61 Å². The topological polar surface area (TPSA) is 81.5 Å². The Morgan fingerprint density at radius 2 is 1.74 bits per heavy atom. The first-order valence-electron chi connectivity index (χ1n) is 14.3.